The first-order valence-electron chi connectivity index (χ1n) is 3.96. The molecule has 10 heavy (non-hydrogen) atoms. The largest absolute Gasteiger partial charge is 0.394 e. The Balaban J connectivity index is 3.30. The smallest absolute Gasteiger partial charge is 0.384 e. The SMILES string of the molecule is CCC[Si](OCC)OCC. The van der Waals surface area contributed by atoms with E-state index >= 15 is 0 Å². The summed E-state index contributed by atoms with van der Waals surface area (Å²) >= 11 is 0. The molecule has 0 bridgehead atoms. The Hall–Kier alpha value is 0.137. The van der Waals surface area contributed by atoms with Crippen molar-refractivity contribution in [1.82, 2.24) is 0 Å². The molecule has 0 heterocycles. The Labute approximate surface area is 65.4 Å². The molecule has 0 unspecified atom stereocenters. The van der Waals surface area contributed by atoms with E-state index in [2.05, 4.69) is 6.92 Å². The number of hydrogen-bond acceptors (Lipinski definition) is 2. The number of rotatable bonds is 6. The van der Waals surface area contributed by atoms with Crippen LogP contribution >= 0.6 is 0 Å². The van der Waals surface area contributed by atoms with E-state index in [0.29, 0.717) is 0 Å². The van der Waals surface area contributed by atoms with Crippen LogP contribution in [0.5, 0.6) is 0 Å². The minimum absolute atomic E-state index is 0.786. The van der Waals surface area contributed by atoms with Crippen LogP contribution in [-0.4, -0.2) is 22.5 Å². The molecule has 0 N–H and O–H groups in total. The quantitative estimate of drug-likeness (QED) is 0.554. The molecule has 0 aromatic carbocycles. The Morgan fingerprint density at radius 2 is 1.50 bits per heavy atom. The van der Waals surface area contributed by atoms with Crippen molar-refractivity contribution in [2.24, 2.45) is 0 Å². The van der Waals surface area contributed by atoms with Gasteiger partial charge in [-0.3, -0.25) is 0 Å². The second kappa shape index (κ2) is 7.25. The van der Waals surface area contributed by atoms with E-state index in [-0.39, 0.29) is 0 Å². The van der Waals surface area contributed by atoms with Gasteiger partial charge in [-0.1, -0.05) is 13.3 Å². The van der Waals surface area contributed by atoms with Crippen LogP contribution in [0, 0.1) is 0 Å². The summed E-state index contributed by atoms with van der Waals surface area (Å²) < 4.78 is 10.8. The van der Waals surface area contributed by atoms with Crippen LogP contribution in [-0.2, 0) is 8.85 Å². The lowest BCUT2D eigenvalue weighted by molar-refractivity contribution is 0.213. The third-order valence-corrected chi connectivity index (χ3v) is 3.19. The molecule has 0 spiro atoms. The molecule has 2 nitrogen and oxygen atoms in total. The maximum absolute atomic E-state index is 5.40. The molecule has 0 aliphatic rings. The van der Waals surface area contributed by atoms with Gasteiger partial charge in [-0.25, -0.2) is 0 Å². The topological polar surface area (TPSA) is 18.5 Å². The van der Waals surface area contributed by atoms with Crippen LogP contribution in [0.4, 0.5) is 0 Å². The monoisotopic (exact) mass is 161 g/mol. The second-order valence-electron chi connectivity index (χ2n) is 1.99. The van der Waals surface area contributed by atoms with Crippen LogP contribution in [0.1, 0.15) is 27.2 Å². The summed E-state index contributed by atoms with van der Waals surface area (Å²) in [6.07, 6.45) is 1.16. The fraction of sp³-hybridized carbons (Fsp3) is 1.00. The van der Waals surface area contributed by atoms with Gasteiger partial charge in [-0.2, -0.15) is 0 Å². The van der Waals surface area contributed by atoms with E-state index in [0.717, 1.165) is 25.7 Å². The normalized spacial score (nSPS) is 10.8. The molecule has 0 aliphatic heterocycles. The molecule has 61 valence electrons. The Morgan fingerprint density at radius 1 is 1.00 bits per heavy atom. The van der Waals surface area contributed by atoms with E-state index < -0.39 is 9.28 Å². The highest BCUT2D eigenvalue weighted by atomic mass is 28.3. The van der Waals surface area contributed by atoms with Gasteiger partial charge in [0.05, 0.1) is 0 Å². The Morgan fingerprint density at radius 3 is 1.80 bits per heavy atom. The summed E-state index contributed by atoms with van der Waals surface area (Å²) in [7, 11) is -0.897. The highest BCUT2D eigenvalue weighted by Gasteiger charge is 2.11. The summed E-state index contributed by atoms with van der Waals surface area (Å²) in [5.41, 5.74) is 0. The highest BCUT2D eigenvalue weighted by Crippen LogP contribution is 1.99. The van der Waals surface area contributed by atoms with Gasteiger partial charge in [-0.05, 0) is 19.9 Å². The van der Waals surface area contributed by atoms with Crippen molar-refractivity contribution in [2.75, 3.05) is 13.2 Å². The summed E-state index contributed by atoms with van der Waals surface area (Å²) in [5.74, 6) is 0. The van der Waals surface area contributed by atoms with Gasteiger partial charge in [-0.15, -0.1) is 0 Å². The van der Waals surface area contributed by atoms with E-state index in [1.807, 2.05) is 13.8 Å². The van der Waals surface area contributed by atoms with Gasteiger partial charge in [0.25, 0.3) is 0 Å². The Kier molecular flexibility index (Phi) is 7.35. The minimum Gasteiger partial charge on any atom is -0.394 e. The van der Waals surface area contributed by atoms with E-state index in [4.69, 9.17) is 8.85 Å². The lowest BCUT2D eigenvalue weighted by atomic mass is 10.6. The summed E-state index contributed by atoms with van der Waals surface area (Å²) in [6.45, 7) is 7.75. The van der Waals surface area contributed by atoms with E-state index in [1.54, 1.807) is 0 Å². The fourth-order valence-electron chi connectivity index (χ4n) is 0.712. The van der Waals surface area contributed by atoms with Gasteiger partial charge in [0, 0.05) is 13.2 Å². The van der Waals surface area contributed by atoms with E-state index in [9.17, 15) is 0 Å². The summed E-state index contributed by atoms with van der Waals surface area (Å²) in [4.78, 5) is 0. The molecule has 0 saturated heterocycles. The predicted octanol–water partition coefficient (Wildman–Crippen LogP) is 1.96. The molecule has 0 aromatic heterocycles. The maximum Gasteiger partial charge on any atom is 0.384 e. The molecule has 0 aromatic rings. The van der Waals surface area contributed by atoms with Gasteiger partial charge in [0.2, 0.25) is 0 Å². The molecule has 3 heteroatoms. The van der Waals surface area contributed by atoms with Crippen molar-refractivity contribution in [3.8, 4) is 0 Å². The van der Waals surface area contributed by atoms with Crippen LogP contribution < -0.4 is 0 Å². The van der Waals surface area contributed by atoms with Crippen molar-refractivity contribution in [3.05, 3.63) is 0 Å². The van der Waals surface area contributed by atoms with E-state index in [1.165, 1.54) is 0 Å². The zero-order chi connectivity index (χ0) is 7.82. The molecule has 0 amide bonds. The minimum atomic E-state index is -0.897. The molecule has 0 aliphatic carbocycles. The highest BCUT2D eigenvalue weighted by molar-refractivity contribution is 6.44. The molecule has 0 rings (SSSR count). The summed E-state index contributed by atoms with van der Waals surface area (Å²) in [5, 5.41) is 0. The zero-order valence-corrected chi connectivity index (χ0v) is 8.14. The molecule has 0 saturated carbocycles. The standard InChI is InChI=1S/C7H17O2Si/c1-4-7-10(8-5-2)9-6-3/h4-7H2,1-3H3. The second-order valence-corrected chi connectivity index (χ2v) is 3.81. The van der Waals surface area contributed by atoms with Crippen LogP contribution in [0.2, 0.25) is 6.04 Å². The first-order chi connectivity index (χ1) is 4.85. The predicted molar refractivity (Wildman–Crippen MR) is 44.1 cm³/mol. The van der Waals surface area contributed by atoms with Gasteiger partial charge in [0.15, 0.2) is 0 Å². The van der Waals surface area contributed by atoms with Crippen molar-refractivity contribution in [2.45, 2.75) is 33.2 Å². The lowest BCUT2D eigenvalue weighted by Crippen LogP contribution is -2.22. The fourth-order valence-corrected chi connectivity index (χ4v) is 2.14. The first kappa shape index (κ1) is 10.1. The average Bonchev–Trinajstić information content (AvgIpc) is 1.90. The molecular formula is C7H17O2Si. The van der Waals surface area contributed by atoms with Gasteiger partial charge < -0.3 is 8.85 Å². The van der Waals surface area contributed by atoms with Crippen LogP contribution in [0.3, 0.4) is 0 Å². The third-order valence-electron chi connectivity index (χ3n) is 1.06. The van der Waals surface area contributed by atoms with Crippen molar-refractivity contribution < 1.29 is 8.85 Å². The lowest BCUT2D eigenvalue weighted by Gasteiger charge is -2.11. The Bertz CT molecular complexity index is 54.4. The van der Waals surface area contributed by atoms with Crippen molar-refractivity contribution in [3.63, 3.8) is 0 Å². The average molecular weight is 161 g/mol. The van der Waals surface area contributed by atoms with Gasteiger partial charge >= 0.3 is 9.28 Å². The van der Waals surface area contributed by atoms with Crippen LogP contribution in [0.25, 0.3) is 0 Å². The molecule has 0 atom stereocenters. The molecule has 0 fully saturated rings. The number of hydrogen-bond donors (Lipinski definition) is 0. The summed E-state index contributed by atoms with van der Waals surface area (Å²) in [6, 6.07) is 1.10. The third kappa shape index (κ3) is 4.96. The van der Waals surface area contributed by atoms with Crippen molar-refractivity contribution in [1.29, 1.82) is 0 Å². The molecular weight excluding hydrogens is 144 g/mol. The van der Waals surface area contributed by atoms with Crippen LogP contribution in [0.15, 0.2) is 0 Å². The molecule has 1 radical (unpaired) electrons. The van der Waals surface area contributed by atoms with Crippen molar-refractivity contribution >= 4 is 9.28 Å². The zero-order valence-electron chi connectivity index (χ0n) is 7.14. The van der Waals surface area contributed by atoms with Gasteiger partial charge in [0.1, 0.15) is 0 Å². The maximum atomic E-state index is 5.40. The first-order valence-corrected chi connectivity index (χ1v) is 5.48.